The summed E-state index contributed by atoms with van der Waals surface area (Å²) in [5.41, 5.74) is 0. The summed E-state index contributed by atoms with van der Waals surface area (Å²) in [4.78, 5) is 23.5. The minimum Gasteiger partial charge on any atom is -0.467 e. The number of ether oxygens (including phenoxy) is 2. The Kier molecular flexibility index (Phi) is 6.07. The van der Waals surface area contributed by atoms with Gasteiger partial charge in [-0.15, -0.1) is 0 Å². The molecule has 0 bridgehead atoms. The van der Waals surface area contributed by atoms with E-state index in [2.05, 4.69) is 10.6 Å². The third-order valence-electron chi connectivity index (χ3n) is 2.73. The van der Waals surface area contributed by atoms with E-state index in [0.29, 0.717) is 25.5 Å². The number of esters is 1. The number of methoxy groups -OCH3 is 1. The largest absolute Gasteiger partial charge is 0.467 e. The van der Waals surface area contributed by atoms with Crippen LogP contribution in [-0.4, -0.2) is 50.8 Å². The van der Waals surface area contributed by atoms with Crippen molar-refractivity contribution >= 4 is 11.9 Å². The minimum absolute atomic E-state index is 0.266. The Hall–Kier alpha value is -1.14. The lowest BCUT2D eigenvalue weighted by Gasteiger charge is -2.25. The predicted molar refractivity (Wildman–Crippen MR) is 66.0 cm³/mol. The molecule has 2 atom stereocenters. The molecule has 2 unspecified atom stereocenters. The van der Waals surface area contributed by atoms with E-state index >= 15 is 0 Å². The first-order chi connectivity index (χ1) is 8.54. The molecule has 0 aromatic rings. The highest BCUT2D eigenvalue weighted by atomic mass is 16.5. The van der Waals surface area contributed by atoms with E-state index in [1.807, 2.05) is 13.8 Å². The second-order valence-electron chi connectivity index (χ2n) is 4.78. The van der Waals surface area contributed by atoms with Crippen LogP contribution in [0.2, 0.25) is 0 Å². The molecular weight excluding hydrogens is 236 g/mol. The fraction of sp³-hybridized carbons (Fsp3) is 0.833. The first kappa shape index (κ1) is 14.9. The maximum absolute atomic E-state index is 11.9. The summed E-state index contributed by atoms with van der Waals surface area (Å²) in [6.45, 7) is 5.70. The molecule has 6 nitrogen and oxygen atoms in total. The fourth-order valence-electron chi connectivity index (χ4n) is 1.83. The minimum atomic E-state index is -0.604. The summed E-state index contributed by atoms with van der Waals surface area (Å²) >= 11 is 0. The quantitative estimate of drug-likeness (QED) is 0.661. The van der Waals surface area contributed by atoms with Gasteiger partial charge in [0, 0.05) is 13.1 Å². The molecule has 2 N–H and O–H groups in total. The van der Waals surface area contributed by atoms with Crippen LogP contribution in [-0.2, 0) is 19.1 Å². The van der Waals surface area contributed by atoms with Crippen molar-refractivity contribution in [3.8, 4) is 0 Å². The Labute approximate surface area is 107 Å². The van der Waals surface area contributed by atoms with Gasteiger partial charge in [-0.25, -0.2) is 4.79 Å². The van der Waals surface area contributed by atoms with Crippen molar-refractivity contribution < 1.29 is 19.1 Å². The number of carbonyl (C=O) groups excluding carboxylic acids is 2. The number of amides is 1. The number of nitrogens with one attached hydrogen (secondary N) is 2. The van der Waals surface area contributed by atoms with Gasteiger partial charge in [-0.1, -0.05) is 13.8 Å². The van der Waals surface area contributed by atoms with Crippen LogP contribution in [0.5, 0.6) is 0 Å². The van der Waals surface area contributed by atoms with Gasteiger partial charge in [0.25, 0.3) is 5.91 Å². The van der Waals surface area contributed by atoms with E-state index < -0.39 is 18.1 Å². The smallest absolute Gasteiger partial charge is 0.328 e. The molecule has 18 heavy (non-hydrogen) atoms. The molecule has 0 radical (unpaired) electrons. The van der Waals surface area contributed by atoms with E-state index in [-0.39, 0.29) is 5.91 Å². The number of carbonyl (C=O) groups is 2. The van der Waals surface area contributed by atoms with Gasteiger partial charge < -0.3 is 20.1 Å². The topological polar surface area (TPSA) is 76.7 Å². The van der Waals surface area contributed by atoms with E-state index in [1.54, 1.807) is 0 Å². The average Bonchev–Trinajstić information content (AvgIpc) is 2.37. The number of rotatable bonds is 5. The molecule has 1 aliphatic heterocycles. The number of morpholine rings is 1. The van der Waals surface area contributed by atoms with Crippen molar-refractivity contribution in [1.29, 1.82) is 0 Å². The van der Waals surface area contributed by atoms with Crippen molar-refractivity contribution in [2.45, 2.75) is 32.4 Å². The molecule has 6 heteroatoms. The van der Waals surface area contributed by atoms with Gasteiger partial charge in [-0.2, -0.15) is 0 Å². The van der Waals surface area contributed by atoms with E-state index in [1.165, 1.54) is 7.11 Å². The van der Waals surface area contributed by atoms with Crippen LogP contribution in [0.25, 0.3) is 0 Å². The maximum Gasteiger partial charge on any atom is 0.328 e. The van der Waals surface area contributed by atoms with Crippen molar-refractivity contribution in [2.24, 2.45) is 5.92 Å². The first-order valence-electron chi connectivity index (χ1n) is 6.25. The third kappa shape index (κ3) is 4.62. The number of hydrogen-bond acceptors (Lipinski definition) is 5. The monoisotopic (exact) mass is 258 g/mol. The zero-order chi connectivity index (χ0) is 13.5. The second-order valence-corrected chi connectivity index (χ2v) is 4.78. The molecule has 0 aromatic heterocycles. The molecule has 1 fully saturated rings. The summed E-state index contributed by atoms with van der Waals surface area (Å²) in [7, 11) is 1.32. The molecule has 0 saturated carbocycles. The summed E-state index contributed by atoms with van der Waals surface area (Å²) in [6, 6.07) is -0.604. The number of hydrogen-bond donors (Lipinski definition) is 2. The van der Waals surface area contributed by atoms with Crippen LogP contribution >= 0.6 is 0 Å². The molecule has 0 aliphatic carbocycles. The van der Waals surface area contributed by atoms with E-state index in [4.69, 9.17) is 9.47 Å². The third-order valence-corrected chi connectivity index (χ3v) is 2.73. The maximum atomic E-state index is 11.9. The van der Waals surface area contributed by atoms with Crippen LogP contribution in [0, 0.1) is 5.92 Å². The Balaban J connectivity index is 2.52. The molecule has 0 spiro atoms. The molecule has 1 heterocycles. The summed E-state index contributed by atoms with van der Waals surface area (Å²) < 4.78 is 10.0. The highest BCUT2D eigenvalue weighted by Crippen LogP contribution is 2.07. The molecule has 1 amide bonds. The van der Waals surface area contributed by atoms with Crippen LogP contribution in [0.15, 0.2) is 0 Å². The van der Waals surface area contributed by atoms with Crippen LogP contribution < -0.4 is 10.6 Å². The molecule has 1 aliphatic rings. The highest BCUT2D eigenvalue weighted by Gasteiger charge is 2.28. The summed E-state index contributed by atoms with van der Waals surface area (Å²) in [6.07, 6.45) is 0.0246. The van der Waals surface area contributed by atoms with Crippen molar-refractivity contribution in [3.05, 3.63) is 0 Å². The lowest BCUT2D eigenvalue weighted by molar-refractivity contribution is -0.147. The molecule has 0 aromatic carbocycles. The Morgan fingerprint density at radius 2 is 2.22 bits per heavy atom. The molecule has 1 rings (SSSR count). The highest BCUT2D eigenvalue weighted by molar-refractivity contribution is 5.87. The van der Waals surface area contributed by atoms with Gasteiger partial charge in [0.1, 0.15) is 12.1 Å². The van der Waals surface area contributed by atoms with Crippen molar-refractivity contribution in [2.75, 3.05) is 26.8 Å². The van der Waals surface area contributed by atoms with Crippen LogP contribution in [0.3, 0.4) is 0 Å². The first-order valence-corrected chi connectivity index (χ1v) is 6.25. The molecule has 104 valence electrons. The van der Waals surface area contributed by atoms with Gasteiger partial charge in [-0.05, 0) is 12.3 Å². The van der Waals surface area contributed by atoms with Crippen LogP contribution in [0.1, 0.15) is 20.3 Å². The van der Waals surface area contributed by atoms with Crippen molar-refractivity contribution in [3.63, 3.8) is 0 Å². The van der Waals surface area contributed by atoms with Gasteiger partial charge in [0.05, 0.1) is 13.7 Å². The summed E-state index contributed by atoms with van der Waals surface area (Å²) in [5.74, 6) is -0.390. The summed E-state index contributed by atoms with van der Waals surface area (Å²) in [5, 5.41) is 5.76. The molecular formula is C12H22N2O4. The van der Waals surface area contributed by atoms with Gasteiger partial charge >= 0.3 is 5.97 Å². The Morgan fingerprint density at radius 3 is 2.72 bits per heavy atom. The average molecular weight is 258 g/mol. The normalized spacial score (nSPS) is 21.4. The second kappa shape index (κ2) is 7.33. The van der Waals surface area contributed by atoms with Crippen LogP contribution in [0.4, 0.5) is 0 Å². The SMILES string of the molecule is COC(=O)C(CC(C)C)NC(=O)C1CNCCO1. The zero-order valence-corrected chi connectivity index (χ0v) is 11.2. The lowest BCUT2D eigenvalue weighted by atomic mass is 10.0. The zero-order valence-electron chi connectivity index (χ0n) is 11.2. The predicted octanol–water partition coefficient (Wildman–Crippen LogP) is -0.321. The molecule has 1 saturated heterocycles. The lowest BCUT2D eigenvalue weighted by Crippen LogP contribution is -2.52. The van der Waals surface area contributed by atoms with Gasteiger partial charge in [0.2, 0.25) is 0 Å². The van der Waals surface area contributed by atoms with E-state index in [0.717, 1.165) is 6.54 Å². The van der Waals surface area contributed by atoms with Gasteiger partial charge in [0.15, 0.2) is 0 Å². The standard InChI is InChI=1S/C12H22N2O4/c1-8(2)6-9(12(16)17-3)14-11(15)10-7-13-4-5-18-10/h8-10,13H,4-7H2,1-3H3,(H,14,15). The Bertz CT molecular complexity index is 288. The van der Waals surface area contributed by atoms with Gasteiger partial charge in [-0.3, -0.25) is 4.79 Å². The fourth-order valence-corrected chi connectivity index (χ4v) is 1.83. The Morgan fingerprint density at radius 1 is 1.50 bits per heavy atom. The van der Waals surface area contributed by atoms with E-state index in [9.17, 15) is 9.59 Å². The van der Waals surface area contributed by atoms with Crippen molar-refractivity contribution in [1.82, 2.24) is 10.6 Å².